The lowest BCUT2D eigenvalue weighted by Gasteiger charge is -1.89. The molecule has 1 aromatic heterocycles. The number of aromatic amines is 1. The number of carbonyl (C=O) groups excluding carboxylic acids is 1. The van der Waals surface area contributed by atoms with Crippen molar-refractivity contribution in [3.05, 3.63) is 11.1 Å². The van der Waals surface area contributed by atoms with Gasteiger partial charge in [-0.2, -0.15) is 0 Å². The summed E-state index contributed by atoms with van der Waals surface area (Å²) in [4.78, 5) is 17.6. The van der Waals surface area contributed by atoms with E-state index in [1.54, 1.807) is 15.7 Å². The van der Waals surface area contributed by atoms with Gasteiger partial charge in [0, 0.05) is 5.61 Å². The third-order valence-corrected chi connectivity index (χ3v) is 2.01. The molecule has 1 aliphatic heterocycles. The number of nitrogens with zero attached hydrogens (tertiary/aromatic N) is 1. The normalized spacial score (nSPS) is 14.7. The Morgan fingerprint density at radius 1 is 1.33 bits per heavy atom. The fraction of sp³-hybridized carbons (Fsp3) is 0. The Labute approximate surface area is 70.5 Å². The Morgan fingerprint density at radius 2 is 2.00 bits per heavy atom. The number of carbonyl (C=O) groups is 1. The minimum absolute atomic E-state index is 0.0367. The quantitative estimate of drug-likeness (QED) is 0.412. The van der Waals surface area contributed by atoms with Gasteiger partial charge < -0.3 is 10.1 Å². The van der Waals surface area contributed by atoms with E-state index in [1.807, 2.05) is 0 Å². The molecule has 0 bridgehead atoms. The minimum Gasteiger partial charge on any atom is -0.494 e. The maximum atomic E-state index is 11.2. The van der Waals surface area contributed by atoms with E-state index in [9.17, 15) is 9.90 Å². The summed E-state index contributed by atoms with van der Waals surface area (Å²) in [7, 11) is 3.45. The molecular weight excluding hydrogens is 154 g/mol. The van der Waals surface area contributed by atoms with Crippen molar-refractivity contribution in [2.75, 3.05) is 0 Å². The van der Waals surface area contributed by atoms with E-state index in [0.29, 0.717) is 22.3 Å². The molecule has 0 saturated carbocycles. The number of aliphatic imine (C=N–C) groups is 1. The van der Waals surface area contributed by atoms with Crippen molar-refractivity contribution < 1.29 is 9.90 Å². The van der Waals surface area contributed by atoms with E-state index >= 15 is 0 Å². The van der Waals surface area contributed by atoms with Gasteiger partial charge in [-0.15, -0.1) is 0 Å². The summed E-state index contributed by atoms with van der Waals surface area (Å²) in [6.07, 6.45) is 0. The number of H-pyrrole nitrogens is 1. The first-order chi connectivity index (χ1) is 5.61. The van der Waals surface area contributed by atoms with Crippen LogP contribution in [0.3, 0.4) is 0 Å². The van der Waals surface area contributed by atoms with Gasteiger partial charge in [-0.05, 0) is 5.59 Å². The second-order valence-electron chi connectivity index (χ2n) is 2.85. The van der Waals surface area contributed by atoms with Gasteiger partial charge >= 0.3 is 0 Å². The second kappa shape index (κ2) is 2.03. The molecule has 0 aromatic carbocycles. The van der Waals surface area contributed by atoms with Crippen LogP contribution >= 0.6 is 0 Å². The zero-order valence-corrected chi connectivity index (χ0v) is 6.80. The van der Waals surface area contributed by atoms with Gasteiger partial charge in [0.2, 0.25) is 0 Å². The Kier molecular flexibility index (Phi) is 1.22. The molecule has 0 spiro atoms. The Balaban J connectivity index is 2.79. The monoisotopic (exact) mass is 160 g/mol. The molecule has 0 unspecified atom stereocenters. The summed E-state index contributed by atoms with van der Waals surface area (Å²) in [5.74, 6) is -0.230. The van der Waals surface area contributed by atoms with Crippen molar-refractivity contribution in [3.8, 4) is 5.88 Å². The number of aromatic nitrogens is 1. The number of hydrogen-bond donors (Lipinski definition) is 2. The van der Waals surface area contributed by atoms with Crippen LogP contribution in [0.1, 0.15) is 15.9 Å². The van der Waals surface area contributed by atoms with Crippen molar-refractivity contribution in [3.63, 3.8) is 0 Å². The molecular formula is C6H6B2N2O2. The zero-order valence-electron chi connectivity index (χ0n) is 6.80. The average molecular weight is 160 g/mol. The van der Waals surface area contributed by atoms with Gasteiger partial charge in [-0.25, -0.2) is 4.99 Å². The largest absolute Gasteiger partial charge is 0.494 e. The van der Waals surface area contributed by atoms with Crippen molar-refractivity contribution in [1.82, 2.24) is 4.98 Å². The summed E-state index contributed by atoms with van der Waals surface area (Å²) >= 11 is 0. The molecule has 0 radical (unpaired) electrons. The van der Waals surface area contributed by atoms with Crippen LogP contribution in [0, 0.1) is 0 Å². The van der Waals surface area contributed by atoms with Crippen molar-refractivity contribution in [1.29, 1.82) is 0 Å². The highest BCUT2D eigenvalue weighted by Gasteiger charge is 2.27. The molecule has 58 valence electrons. The molecule has 1 aromatic rings. The minimum atomic E-state index is -0.267. The van der Waals surface area contributed by atoms with Crippen LogP contribution < -0.4 is 5.59 Å². The van der Waals surface area contributed by atoms with Crippen LogP contribution in [0.4, 0.5) is 0 Å². The lowest BCUT2D eigenvalue weighted by molar-refractivity contribution is 0.101. The predicted molar refractivity (Wildman–Crippen MR) is 50.0 cm³/mol. The first kappa shape index (κ1) is 7.21. The summed E-state index contributed by atoms with van der Waals surface area (Å²) < 4.78 is 0. The maximum Gasteiger partial charge on any atom is 0.278 e. The van der Waals surface area contributed by atoms with Crippen LogP contribution in [0.2, 0.25) is 0 Å². The highest BCUT2D eigenvalue weighted by molar-refractivity contribution is 6.68. The topological polar surface area (TPSA) is 65.5 Å². The number of rotatable bonds is 0. The maximum absolute atomic E-state index is 11.2. The molecule has 0 fully saturated rings. The van der Waals surface area contributed by atoms with E-state index in [1.165, 1.54) is 0 Å². The van der Waals surface area contributed by atoms with Crippen molar-refractivity contribution in [2.24, 2.45) is 4.99 Å². The Hall–Kier alpha value is -1.45. The fourth-order valence-corrected chi connectivity index (χ4v) is 1.49. The molecule has 1 amide bonds. The number of nitrogens with one attached hydrogen (secondary N) is 1. The van der Waals surface area contributed by atoms with E-state index < -0.39 is 0 Å². The third-order valence-electron chi connectivity index (χ3n) is 2.01. The number of amides is 1. The van der Waals surface area contributed by atoms with Crippen LogP contribution in [-0.4, -0.2) is 37.3 Å². The van der Waals surface area contributed by atoms with Crippen molar-refractivity contribution in [2.45, 2.75) is 0 Å². The summed E-state index contributed by atoms with van der Waals surface area (Å²) in [6, 6.07) is 0. The van der Waals surface area contributed by atoms with E-state index in [0.717, 1.165) is 0 Å². The second-order valence-corrected chi connectivity index (χ2v) is 2.85. The summed E-state index contributed by atoms with van der Waals surface area (Å²) in [6.45, 7) is 0. The molecule has 12 heavy (non-hydrogen) atoms. The number of fused-ring (bicyclic) bond motifs is 1. The van der Waals surface area contributed by atoms with Gasteiger partial charge in [0.15, 0.2) is 21.6 Å². The Bertz CT molecular complexity index is 408. The van der Waals surface area contributed by atoms with E-state index in [2.05, 4.69) is 9.98 Å². The molecule has 0 saturated heterocycles. The standard InChI is InChI=1S/C6H6B2N2O2/c7-3-1-2(6(12)9-3)4(8)10-5(1)11/h9,12H,7-8H2. The molecule has 2 N–H and O–H groups in total. The van der Waals surface area contributed by atoms with Gasteiger partial charge in [0.1, 0.15) is 0 Å². The molecule has 4 nitrogen and oxygen atoms in total. The van der Waals surface area contributed by atoms with Gasteiger partial charge in [0.05, 0.1) is 11.1 Å². The average Bonchev–Trinajstić information content (AvgIpc) is 2.38. The van der Waals surface area contributed by atoms with Crippen molar-refractivity contribution >= 4 is 32.8 Å². The first-order valence-electron chi connectivity index (χ1n) is 3.62. The number of aromatic hydroxyl groups is 1. The number of hydrogen-bond acceptors (Lipinski definition) is 2. The van der Waals surface area contributed by atoms with Crippen LogP contribution in [0.25, 0.3) is 0 Å². The molecule has 1 aliphatic rings. The first-order valence-corrected chi connectivity index (χ1v) is 3.62. The van der Waals surface area contributed by atoms with Crippen LogP contribution in [0.15, 0.2) is 4.99 Å². The molecule has 0 atom stereocenters. The van der Waals surface area contributed by atoms with Gasteiger partial charge in [0.25, 0.3) is 5.91 Å². The van der Waals surface area contributed by atoms with Crippen LogP contribution in [0.5, 0.6) is 5.88 Å². The highest BCUT2D eigenvalue weighted by Crippen LogP contribution is 2.23. The van der Waals surface area contributed by atoms with Crippen LogP contribution in [-0.2, 0) is 0 Å². The van der Waals surface area contributed by atoms with E-state index in [-0.39, 0.29) is 11.8 Å². The third kappa shape index (κ3) is 0.691. The fourth-order valence-electron chi connectivity index (χ4n) is 1.49. The lowest BCUT2D eigenvalue weighted by Crippen LogP contribution is -2.11. The summed E-state index contributed by atoms with van der Waals surface area (Å²) in [5, 5.41) is 9.35. The summed E-state index contributed by atoms with van der Waals surface area (Å²) in [5.41, 5.74) is 2.31. The zero-order chi connectivity index (χ0) is 8.88. The lowest BCUT2D eigenvalue weighted by atomic mass is 9.91. The van der Waals surface area contributed by atoms with Gasteiger partial charge in [-0.3, -0.25) is 4.79 Å². The molecule has 0 aliphatic carbocycles. The highest BCUT2D eigenvalue weighted by atomic mass is 16.3. The smallest absolute Gasteiger partial charge is 0.278 e. The molecule has 2 rings (SSSR count). The SMILES string of the molecule is BC1=NC(=O)c2c(B)[nH]c(O)c21. The Morgan fingerprint density at radius 3 is 2.58 bits per heavy atom. The molecule has 6 heteroatoms. The van der Waals surface area contributed by atoms with E-state index in [4.69, 9.17) is 0 Å². The predicted octanol–water partition coefficient (Wildman–Crippen LogP) is -2.49. The van der Waals surface area contributed by atoms with Gasteiger partial charge in [-0.1, -0.05) is 0 Å². The molecule has 2 heterocycles.